The third kappa shape index (κ3) is 2.71. The number of aliphatic hydroxyl groups is 1. The van der Waals surface area contributed by atoms with Gasteiger partial charge in [-0.05, 0) is 23.3 Å². The number of aliphatic hydroxyl groups excluding tert-OH is 1. The molecule has 0 amide bonds. The summed E-state index contributed by atoms with van der Waals surface area (Å²) in [6, 6.07) is 5.06. The van der Waals surface area contributed by atoms with Crippen molar-refractivity contribution in [3.63, 3.8) is 0 Å². The fourth-order valence-electron chi connectivity index (χ4n) is 3.24. The molecule has 1 unspecified atom stereocenters. The summed E-state index contributed by atoms with van der Waals surface area (Å²) in [5.74, 6) is -1.14. The zero-order valence-corrected chi connectivity index (χ0v) is 14.1. The molecule has 0 saturated carbocycles. The highest BCUT2D eigenvalue weighted by Gasteiger charge is 2.42. The molecular weight excluding hydrogens is 328 g/mol. The molecule has 2 aliphatic rings. The van der Waals surface area contributed by atoms with Crippen LogP contribution in [0.25, 0.3) is 0 Å². The molecule has 25 heavy (non-hydrogen) atoms. The second-order valence-electron chi connectivity index (χ2n) is 5.67. The quantitative estimate of drug-likeness (QED) is 0.834. The van der Waals surface area contributed by atoms with E-state index in [1.54, 1.807) is 18.2 Å². The van der Waals surface area contributed by atoms with Crippen LogP contribution in [-0.4, -0.2) is 45.0 Å². The first-order valence-corrected chi connectivity index (χ1v) is 7.63. The topological polar surface area (TPSA) is 91.3 Å². The van der Waals surface area contributed by atoms with E-state index in [9.17, 15) is 14.7 Å². The molecule has 7 nitrogen and oxygen atoms in total. The molecule has 0 bridgehead atoms. The van der Waals surface area contributed by atoms with Crippen LogP contribution in [0.2, 0.25) is 0 Å². The predicted molar refractivity (Wildman–Crippen MR) is 86.6 cm³/mol. The van der Waals surface area contributed by atoms with Gasteiger partial charge in [-0.2, -0.15) is 0 Å². The fourth-order valence-corrected chi connectivity index (χ4v) is 3.24. The van der Waals surface area contributed by atoms with Gasteiger partial charge in [-0.25, -0.2) is 9.59 Å². The van der Waals surface area contributed by atoms with Gasteiger partial charge in [0.1, 0.15) is 12.4 Å². The van der Waals surface area contributed by atoms with E-state index in [4.69, 9.17) is 18.9 Å². The molecule has 1 heterocycles. The Bertz CT molecular complexity index is 804. The number of carbonyl (C=O) groups excluding carboxylic acids is 2. The van der Waals surface area contributed by atoms with Gasteiger partial charge >= 0.3 is 11.9 Å². The third-order valence-electron chi connectivity index (χ3n) is 4.39. The van der Waals surface area contributed by atoms with Crippen LogP contribution >= 0.6 is 0 Å². The largest absolute Gasteiger partial charge is 0.511 e. The summed E-state index contributed by atoms with van der Waals surface area (Å²) in [6.45, 7) is 0.108. The lowest BCUT2D eigenvalue weighted by Crippen LogP contribution is -2.23. The lowest BCUT2D eigenvalue weighted by atomic mass is 9.77. The van der Waals surface area contributed by atoms with E-state index < -0.39 is 17.9 Å². The van der Waals surface area contributed by atoms with Gasteiger partial charge in [0.05, 0.1) is 38.4 Å². The molecule has 0 saturated heterocycles. The van der Waals surface area contributed by atoms with Gasteiger partial charge in [0, 0.05) is 6.42 Å². The zero-order chi connectivity index (χ0) is 18.1. The summed E-state index contributed by atoms with van der Waals surface area (Å²) >= 11 is 0. The van der Waals surface area contributed by atoms with Crippen LogP contribution in [-0.2, 0) is 19.1 Å². The van der Waals surface area contributed by atoms with Crippen LogP contribution in [0.5, 0.6) is 11.5 Å². The maximum Gasteiger partial charge on any atom is 0.338 e. The second kappa shape index (κ2) is 6.51. The molecule has 1 aliphatic heterocycles. The minimum absolute atomic E-state index is 0.0346. The van der Waals surface area contributed by atoms with E-state index >= 15 is 0 Å². The number of esters is 2. The van der Waals surface area contributed by atoms with E-state index in [1.807, 2.05) is 0 Å². The van der Waals surface area contributed by atoms with Crippen molar-refractivity contribution in [2.45, 2.75) is 12.3 Å². The molecule has 132 valence electrons. The number of hydrogen-bond donors (Lipinski definition) is 1. The minimum Gasteiger partial charge on any atom is -0.511 e. The van der Waals surface area contributed by atoms with Gasteiger partial charge < -0.3 is 24.1 Å². The standard InChI is InChI=1S/C18H18O7/c1-22-12-5-4-9(7-13(12)23-2)14-15-10(8-25-18(15)21)6-11(19)16(14)17(20)24-3/h4-5,7,14,19H,6,8H2,1-3H3. The van der Waals surface area contributed by atoms with Crippen molar-refractivity contribution in [2.24, 2.45) is 0 Å². The number of benzene rings is 1. The Balaban J connectivity index is 2.18. The van der Waals surface area contributed by atoms with Crippen molar-refractivity contribution in [2.75, 3.05) is 27.9 Å². The van der Waals surface area contributed by atoms with Gasteiger partial charge in [0.25, 0.3) is 0 Å². The first-order valence-electron chi connectivity index (χ1n) is 7.63. The highest BCUT2D eigenvalue weighted by molar-refractivity contribution is 6.01. The van der Waals surface area contributed by atoms with E-state index in [-0.39, 0.29) is 24.4 Å². The fraction of sp³-hybridized carbons (Fsp3) is 0.333. The van der Waals surface area contributed by atoms with Crippen LogP contribution in [0.4, 0.5) is 0 Å². The van der Waals surface area contributed by atoms with Gasteiger partial charge in [0.15, 0.2) is 11.5 Å². The lowest BCUT2D eigenvalue weighted by Gasteiger charge is -2.25. The van der Waals surface area contributed by atoms with E-state index in [0.717, 1.165) is 0 Å². The number of allylic oxidation sites excluding steroid dienone is 1. The number of methoxy groups -OCH3 is 3. The maximum absolute atomic E-state index is 12.3. The highest BCUT2D eigenvalue weighted by Crippen LogP contribution is 2.45. The van der Waals surface area contributed by atoms with Gasteiger partial charge in [-0.3, -0.25) is 0 Å². The molecule has 1 aromatic carbocycles. The minimum atomic E-state index is -0.786. The van der Waals surface area contributed by atoms with Crippen LogP contribution in [0.1, 0.15) is 17.9 Å². The molecule has 0 fully saturated rings. The molecule has 3 rings (SSSR count). The Kier molecular flexibility index (Phi) is 4.39. The smallest absolute Gasteiger partial charge is 0.338 e. The summed E-state index contributed by atoms with van der Waals surface area (Å²) in [7, 11) is 4.23. The van der Waals surface area contributed by atoms with Crippen molar-refractivity contribution in [1.29, 1.82) is 0 Å². The number of ether oxygens (including phenoxy) is 4. The molecule has 1 aliphatic carbocycles. The van der Waals surface area contributed by atoms with Crippen LogP contribution < -0.4 is 9.47 Å². The van der Waals surface area contributed by atoms with Gasteiger partial charge in [0.2, 0.25) is 0 Å². The average Bonchev–Trinajstić information content (AvgIpc) is 2.99. The number of rotatable bonds is 4. The van der Waals surface area contributed by atoms with E-state index in [2.05, 4.69) is 0 Å². The van der Waals surface area contributed by atoms with Crippen molar-refractivity contribution in [3.8, 4) is 11.5 Å². The van der Waals surface area contributed by atoms with Crippen LogP contribution in [0.3, 0.4) is 0 Å². The summed E-state index contributed by atoms with van der Waals surface area (Å²) in [6.07, 6.45) is 0.0926. The monoisotopic (exact) mass is 346 g/mol. The van der Waals surface area contributed by atoms with Gasteiger partial charge in [-0.15, -0.1) is 0 Å². The highest BCUT2D eigenvalue weighted by atomic mass is 16.5. The summed E-state index contributed by atoms with van der Waals surface area (Å²) in [5, 5.41) is 10.4. The molecule has 0 radical (unpaired) electrons. The second-order valence-corrected chi connectivity index (χ2v) is 5.67. The lowest BCUT2D eigenvalue weighted by molar-refractivity contribution is -0.136. The first kappa shape index (κ1) is 16.9. The molecular formula is C18H18O7. The van der Waals surface area contributed by atoms with Crippen molar-refractivity contribution in [3.05, 3.63) is 46.2 Å². The summed E-state index contributed by atoms with van der Waals surface area (Å²) in [5.41, 5.74) is 1.66. The number of cyclic esters (lactones) is 1. The molecule has 0 aromatic heterocycles. The Labute approximate surface area is 144 Å². The first-order chi connectivity index (χ1) is 12.0. The molecule has 7 heteroatoms. The Morgan fingerprint density at radius 1 is 1.20 bits per heavy atom. The van der Waals surface area contributed by atoms with Crippen molar-refractivity contribution in [1.82, 2.24) is 0 Å². The van der Waals surface area contributed by atoms with E-state index in [0.29, 0.717) is 28.2 Å². The molecule has 1 aromatic rings. The summed E-state index contributed by atoms with van der Waals surface area (Å²) < 4.78 is 20.4. The van der Waals surface area contributed by atoms with Crippen LogP contribution in [0, 0.1) is 0 Å². The van der Waals surface area contributed by atoms with Gasteiger partial charge in [-0.1, -0.05) is 6.07 Å². The average molecular weight is 346 g/mol. The van der Waals surface area contributed by atoms with E-state index in [1.165, 1.54) is 21.3 Å². The molecule has 1 N–H and O–H groups in total. The number of hydrogen-bond acceptors (Lipinski definition) is 7. The molecule has 0 spiro atoms. The number of carbonyl (C=O) groups is 2. The Hall–Kier alpha value is -2.96. The normalized spacial score (nSPS) is 19.5. The van der Waals surface area contributed by atoms with Crippen LogP contribution in [0.15, 0.2) is 40.7 Å². The Morgan fingerprint density at radius 2 is 1.92 bits per heavy atom. The predicted octanol–water partition coefficient (Wildman–Crippen LogP) is 2.03. The summed E-state index contributed by atoms with van der Waals surface area (Å²) in [4.78, 5) is 24.5. The SMILES string of the molecule is COC(=O)C1=C(O)CC2=C(C(=O)OC2)C1c1ccc(OC)c(OC)c1. The van der Waals surface area contributed by atoms with Crippen molar-refractivity contribution < 1.29 is 33.6 Å². The molecule has 1 atom stereocenters. The zero-order valence-electron chi connectivity index (χ0n) is 14.1. The Morgan fingerprint density at radius 3 is 2.56 bits per heavy atom. The van der Waals surface area contributed by atoms with Crippen molar-refractivity contribution >= 4 is 11.9 Å². The third-order valence-corrected chi connectivity index (χ3v) is 4.39. The maximum atomic E-state index is 12.3.